The number of Topliss-reactive ketones (excluding diaryl/α,β-unsaturated/α-hetero) is 1. The molecule has 0 saturated carbocycles. The third kappa shape index (κ3) is 5.13. The molecule has 0 fully saturated rings. The van der Waals surface area contributed by atoms with Crippen molar-refractivity contribution in [3.05, 3.63) is 59.9 Å². The Labute approximate surface area is 144 Å². The van der Waals surface area contributed by atoms with E-state index in [0.717, 1.165) is 0 Å². The number of hydrogen-bond donors (Lipinski definition) is 1. The number of halogens is 1. The lowest BCUT2D eigenvalue weighted by Crippen LogP contribution is -2.29. The number of amides is 1. The van der Waals surface area contributed by atoms with Gasteiger partial charge in [0, 0.05) is 6.92 Å². The second-order valence-corrected chi connectivity index (χ2v) is 5.05. The lowest BCUT2D eigenvalue weighted by Gasteiger charge is -2.10. The number of nitrogens with zero attached hydrogens (tertiary/aromatic N) is 1. The third-order valence-corrected chi connectivity index (χ3v) is 3.20. The number of benzene rings is 2. The highest BCUT2D eigenvalue weighted by Crippen LogP contribution is 2.22. The Hall–Kier alpha value is -3.22. The predicted molar refractivity (Wildman–Crippen MR) is 90.9 cm³/mol. The molecule has 0 aromatic heterocycles. The molecule has 6 nitrogen and oxygen atoms in total. The van der Waals surface area contributed by atoms with Gasteiger partial charge in [-0.1, -0.05) is 29.4 Å². The van der Waals surface area contributed by atoms with Gasteiger partial charge in [-0.3, -0.25) is 9.59 Å². The number of ether oxygens (including phenoxy) is 1. The molecule has 0 aliphatic rings. The Morgan fingerprint density at radius 1 is 1.12 bits per heavy atom. The molecule has 0 saturated heterocycles. The largest absolute Gasteiger partial charge is 0.495 e. The van der Waals surface area contributed by atoms with Gasteiger partial charge in [-0.2, -0.15) is 0 Å². The molecule has 1 amide bonds. The van der Waals surface area contributed by atoms with E-state index in [9.17, 15) is 14.0 Å². The van der Waals surface area contributed by atoms with E-state index in [0.29, 0.717) is 17.0 Å². The number of oxime groups is 1. The van der Waals surface area contributed by atoms with Crippen LogP contribution in [0.5, 0.6) is 5.75 Å². The Morgan fingerprint density at radius 2 is 1.80 bits per heavy atom. The fourth-order valence-electron chi connectivity index (χ4n) is 1.95. The molecule has 0 bridgehead atoms. The van der Waals surface area contributed by atoms with Crippen molar-refractivity contribution in [3.8, 4) is 5.75 Å². The number of hydrogen-bond acceptors (Lipinski definition) is 5. The quantitative estimate of drug-likeness (QED) is 0.476. The van der Waals surface area contributed by atoms with Gasteiger partial charge in [0.1, 0.15) is 18.2 Å². The van der Waals surface area contributed by atoms with E-state index in [4.69, 9.17) is 9.57 Å². The third-order valence-electron chi connectivity index (χ3n) is 3.20. The lowest BCUT2D eigenvalue weighted by molar-refractivity contribution is -0.114. The zero-order valence-electron chi connectivity index (χ0n) is 13.8. The zero-order chi connectivity index (χ0) is 18.2. The van der Waals surface area contributed by atoms with Gasteiger partial charge < -0.3 is 14.9 Å². The average Bonchev–Trinajstić information content (AvgIpc) is 2.60. The Bertz CT molecular complexity index is 788. The molecule has 25 heavy (non-hydrogen) atoms. The van der Waals surface area contributed by atoms with Gasteiger partial charge in [-0.05, 0) is 29.8 Å². The van der Waals surface area contributed by atoms with Crippen LogP contribution in [-0.4, -0.2) is 24.5 Å². The van der Waals surface area contributed by atoms with Crippen molar-refractivity contribution in [2.45, 2.75) is 13.5 Å². The van der Waals surface area contributed by atoms with Crippen LogP contribution in [0.1, 0.15) is 12.5 Å². The minimum Gasteiger partial charge on any atom is -0.495 e. The number of carbonyl (C=O) groups excluding carboxylic acids is 2. The topological polar surface area (TPSA) is 77.0 Å². The number of para-hydroxylation sites is 2. The molecule has 0 aliphatic heterocycles. The van der Waals surface area contributed by atoms with Crippen molar-refractivity contribution < 1.29 is 23.6 Å². The average molecular weight is 344 g/mol. The standard InChI is InChI=1S/C18H17FN2O4/c1-12(22)17(21-25-11-13-7-9-14(19)10-8-13)18(23)20-15-5-3-4-6-16(15)24-2/h3-10H,11H2,1-2H3,(H,20,23)/b21-17-. The molecule has 0 spiro atoms. The van der Waals surface area contributed by atoms with Gasteiger partial charge in [0.05, 0.1) is 12.8 Å². The molecule has 7 heteroatoms. The Morgan fingerprint density at radius 3 is 2.44 bits per heavy atom. The maximum Gasteiger partial charge on any atom is 0.281 e. The molecule has 1 N–H and O–H groups in total. The van der Waals surface area contributed by atoms with Crippen LogP contribution in [0.15, 0.2) is 53.7 Å². The van der Waals surface area contributed by atoms with Crippen molar-refractivity contribution in [1.82, 2.24) is 0 Å². The lowest BCUT2D eigenvalue weighted by atomic mass is 10.2. The number of methoxy groups -OCH3 is 1. The second kappa shape index (κ2) is 8.58. The van der Waals surface area contributed by atoms with Gasteiger partial charge in [0.25, 0.3) is 5.91 Å². The van der Waals surface area contributed by atoms with Crippen LogP contribution in [0.2, 0.25) is 0 Å². The summed E-state index contributed by atoms with van der Waals surface area (Å²) < 4.78 is 18.0. The molecule has 2 aromatic carbocycles. The summed E-state index contributed by atoms with van der Waals surface area (Å²) in [6, 6.07) is 12.4. The van der Waals surface area contributed by atoms with Crippen LogP contribution in [0.3, 0.4) is 0 Å². The van der Waals surface area contributed by atoms with Crippen LogP contribution in [0.25, 0.3) is 0 Å². The van der Waals surface area contributed by atoms with E-state index in [-0.39, 0.29) is 18.1 Å². The summed E-state index contributed by atoms with van der Waals surface area (Å²) in [5, 5.41) is 6.17. The summed E-state index contributed by atoms with van der Waals surface area (Å²) in [6.45, 7) is 1.21. The summed E-state index contributed by atoms with van der Waals surface area (Å²) >= 11 is 0. The molecular formula is C18H17FN2O4. The normalized spacial score (nSPS) is 10.9. The smallest absolute Gasteiger partial charge is 0.281 e. The number of anilines is 1. The Kier molecular flexibility index (Phi) is 6.22. The minimum absolute atomic E-state index is 0.000994. The van der Waals surface area contributed by atoms with Crippen LogP contribution in [0, 0.1) is 5.82 Å². The SMILES string of the molecule is COc1ccccc1NC(=O)/C(=N\OCc1ccc(F)cc1)C(C)=O. The summed E-state index contributed by atoms with van der Waals surface area (Å²) in [6.07, 6.45) is 0. The van der Waals surface area contributed by atoms with E-state index in [1.807, 2.05) is 0 Å². The maximum absolute atomic E-state index is 12.8. The molecule has 2 aromatic rings. The fraction of sp³-hybridized carbons (Fsp3) is 0.167. The van der Waals surface area contributed by atoms with Crippen molar-refractivity contribution in [2.24, 2.45) is 5.16 Å². The second-order valence-electron chi connectivity index (χ2n) is 5.05. The molecule has 0 radical (unpaired) electrons. The highest BCUT2D eigenvalue weighted by Gasteiger charge is 2.19. The van der Waals surface area contributed by atoms with E-state index in [1.54, 1.807) is 24.3 Å². The summed E-state index contributed by atoms with van der Waals surface area (Å²) in [7, 11) is 1.47. The van der Waals surface area contributed by atoms with Crippen LogP contribution in [0.4, 0.5) is 10.1 Å². The molecular weight excluding hydrogens is 327 g/mol. The van der Waals surface area contributed by atoms with Crippen molar-refractivity contribution in [1.29, 1.82) is 0 Å². The summed E-state index contributed by atoms with van der Waals surface area (Å²) in [5.74, 6) is -1.18. The zero-order valence-corrected chi connectivity index (χ0v) is 13.8. The van der Waals surface area contributed by atoms with E-state index in [1.165, 1.54) is 38.3 Å². The van der Waals surface area contributed by atoms with E-state index >= 15 is 0 Å². The van der Waals surface area contributed by atoms with Crippen LogP contribution >= 0.6 is 0 Å². The summed E-state index contributed by atoms with van der Waals surface area (Å²) in [4.78, 5) is 29.0. The first-order chi connectivity index (χ1) is 12.0. The Balaban J connectivity index is 2.07. The first-order valence-corrected chi connectivity index (χ1v) is 7.41. The molecule has 0 atom stereocenters. The van der Waals surface area contributed by atoms with Crippen molar-refractivity contribution in [2.75, 3.05) is 12.4 Å². The predicted octanol–water partition coefficient (Wildman–Crippen LogP) is 2.93. The van der Waals surface area contributed by atoms with Crippen LogP contribution < -0.4 is 10.1 Å². The van der Waals surface area contributed by atoms with Gasteiger partial charge in [-0.25, -0.2) is 4.39 Å². The minimum atomic E-state index is -0.712. The molecule has 0 aliphatic carbocycles. The van der Waals surface area contributed by atoms with Gasteiger partial charge in [0.15, 0.2) is 5.78 Å². The van der Waals surface area contributed by atoms with Crippen LogP contribution in [-0.2, 0) is 21.0 Å². The van der Waals surface area contributed by atoms with Gasteiger partial charge in [-0.15, -0.1) is 0 Å². The highest BCUT2D eigenvalue weighted by atomic mass is 19.1. The monoisotopic (exact) mass is 344 g/mol. The number of ketones is 1. The fourth-order valence-corrected chi connectivity index (χ4v) is 1.95. The van der Waals surface area contributed by atoms with Gasteiger partial charge >= 0.3 is 0 Å². The highest BCUT2D eigenvalue weighted by molar-refractivity contribution is 6.67. The van der Waals surface area contributed by atoms with E-state index in [2.05, 4.69) is 10.5 Å². The molecule has 2 rings (SSSR count). The molecule has 130 valence electrons. The first kappa shape index (κ1) is 18.1. The summed E-state index contributed by atoms with van der Waals surface area (Å²) in [5.41, 5.74) is 0.675. The van der Waals surface area contributed by atoms with E-state index < -0.39 is 11.7 Å². The van der Waals surface area contributed by atoms with Crippen molar-refractivity contribution >= 4 is 23.1 Å². The van der Waals surface area contributed by atoms with Gasteiger partial charge in [0.2, 0.25) is 5.71 Å². The van der Waals surface area contributed by atoms with Crippen molar-refractivity contribution in [3.63, 3.8) is 0 Å². The number of carbonyl (C=O) groups is 2. The number of rotatable bonds is 7. The maximum atomic E-state index is 12.8. The molecule has 0 unspecified atom stereocenters. The molecule has 0 heterocycles. The number of nitrogens with one attached hydrogen (secondary N) is 1. The first-order valence-electron chi connectivity index (χ1n) is 7.41.